The molecule has 1 aliphatic heterocycles. The minimum absolute atomic E-state index is 0.144. The molecular formula is C18H20N4O6S2. The van der Waals surface area contributed by atoms with Crippen LogP contribution in [0.15, 0.2) is 53.6 Å². The first-order chi connectivity index (χ1) is 14.0. The highest BCUT2D eigenvalue weighted by atomic mass is 32.2. The average molecular weight is 453 g/mol. The lowest BCUT2D eigenvalue weighted by Crippen LogP contribution is -2.28. The van der Waals surface area contributed by atoms with Crippen LogP contribution in [0.4, 0.5) is 11.4 Å². The van der Waals surface area contributed by atoms with Crippen LogP contribution in [0.5, 0.6) is 0 Å². The number of non-ortho nitro benzene ring substituents is 1. The third-order valence-electron chi connectivity index (χ3n) is 4.49. The van der Waals surface area contributed by atoms with E-state index < -0.39 is 31.0 Å². The van der Waals surface area contributed by atoms with Gasteiger partial charge in [-0.25, -0.2) is 16.8 Å². The number of sulfonamides is 2. The molecule has 0 bridgehead atoms. The Hall–Kier alpha value is -2.99. The normalized spacial score (nSPS) is 16.9. The zero-order chi connectivity index (χ0) is 22.1. The summed E-state index contributed by atoms with van der Waals surface area (Å²) in [4.78, 5) is 10.6. The Morgan fingerprint density at radius 2 is 1.87 bits per heavy atom. The second-order valence-electron chi connectivity index (χ2n) is 6.75. The van der Waals surface area contributed by atoms with E-state index in [0.29, 0.717) is 22.5 Å². The Morgan fingerprint density at radius 1 is 1.17 bits per heavy atom. The molecule has 1 heterocycles. The Bertz CT molecular complexity index is 1220. The standard InChI is InChI=1S/C18H20N4O6S2/c1-3-30(27,28)21-18(14-7-5-9-16(11-14)22(23)24)12-17(19-21)13-6-4-8-15(10-13)20-29(2,25)26/h4-11,18,20H,3,12H2,1-2H3/t18-/m1/s1. The van der Waals surface area contributed by atoms with Crippen LogP contribution in [0.2, 0.25) is 0 Å². The molecule has 160 valence electrons. The predicted molar refractivity (Wildman–Crippen MR) is 113 cm³/mol. The molecule has 1 aliphatic rings. The van der Waals surface area contributed by atoms with Crippen LogP contribution in [0.1, 0.15) is 30.5 Å². The number of hydrazone groups is 1. The van der Waals surface area contributed by atoms with Crippen LogP contribution in [-0.2, 0) is 20.0 Å². The number of rotatable bonds is 7. The van der Waals surface area contributed by atoms with Crippen LogP contribution in [0.3, 0.4) is 0 Å². The van der Waals surface area contributed by atoms with Crippen LogP contribution < -0.4 is 4.72 Å². The third-order valence-corrected chi connectivity index (χ3v) is 6.73. The van der Waals surface area contributed by atoms with Crippen molar-refractivity contribution in [2.45, 2.75) is 19.4 Å². The molecule has 10 nitrogen and oxygen atoms in total. The lowest BCUT2D eigenvalue weighted by Gasteiger charge is -2.22. The molecule has 0 saturated heterocycles. The van der Waals surface area contributed by atoms with Gasteiger partial charge in [0.1, 0.15) is 0 Å². The molecule has 0 aliphatic carbocycles. The van der Waals surface area contributed by atoms with Crippen LogP contribution >= 0.6 is 0 Å². The van der Waals surface area contributed by atoms with Crippen molar-refractivity contribution >= 4 is 37.1 Å². The summed E-state index contributed by atoms with van der Waals surface area (Å²) in [6, 6.07) is 11.5. The molecule has 12 heteroatoms. The van der Waals surface area contributed by atoms with Gasteiger partial charge in [-0.15, -0.1) is 0 Å². The fourth-order valence-electron chi connectivity index (χ4n) is 3.12. The molecule has 1 N–H and O–H groups in total. The molecule has 0 saturated carbocycles. The number of benzene rings is 2. The van der Waals surface area contributed by atoms with E-state index in [1.54, 1.807) is 30.3 Å². The first-order valence-electron chi connectivity index (χ1n) is 8.92. The van der Waals surface area contributed by atoms with Crippen LogP contribution in [0, 0.1) is 10.1 Å². The Morgan fingerprint density at radius 3 is 2.50 bits per heavy atom. The molecule has 2 aromatic rings. The minimum Gasteiger partial charge on any atom is -0.284 e. The first-order valence-corrected chi connectivity index (χ1v) is 12.4. The van der Waals surface area contributed by atoms with Gasteiger partial charge in [-0.3, -0.25) is 14.8 Å². The lowest BCUT2D eigenvalue weighted by molar-refractivity contribution is -0.384. The summed E-state index contributed by atoms with van der Waals surface area (Å²) < 4.78 is 51.6. The van der Waals surface area contributed by atoms with Crippen molar-refractivity contribution in [1.29, 1.82) is 0 Å². The molecule has 3 rings (SSSR count). The van der Waals surface area contributed by atoms with Crippen molar-refractivity contribution < 1.29 is 21.8 Å². The van der Waals surface area contributed by atoms with Gasteiger partial charge in [-0.05, 0) is 30.2 Å². The monoisotopic (exact) mass is 452 g/mol. The summed E-state index contributed by atoms with van der Waals surface area (Å²) in [5.41, 5.74) is 1.61. The molecule has 30 heavy (non-hydrogen) atoms. The Labute approximate surface area is 174 Å². The minimum atomic E-state index is -3.74. The summed E-state index contributed by atoms with van der Waals surface area (Å²) >= 11 is 0. The van der Waals surface area contributed by atoms with Gasteiger partial charge in [0.05, 0.1) is 28.7 Å². The smallest absolute Gasteiger partial charge is 0.269 e. The van der Waals surface area contributed by atoms with E-state index in [2.05, 4.69) is 9.82 Å². The van der Waals surface area contributed by atoms with Crippen molar-refractivity contribution in [3.05, 3.63) is 69.8 Å². The SMILES string of the molecule is CCS(=O)(=O)N1N=C(c2cccc(NS(C)(=O)=O)c2)C[C@@H]1c1cccc([N+](=O)[O-])c1. The number of nitrogens with zero attached hydrogens (tertiary/aromatic N) is 3. The van der Waals surface area contributed by atoms with E-state index >= 15 is 0 Å². The second-order valence-corrected chi connectivity index (χ2v) is 10.6. The lowest BCUT2D eigenvalue weighted by atomic mass is 9.98. The maximum atomic E-state index is 12.6. The maximum absolute atomic E-state index is 12.6. The molecule has 0 aromatic heterocycles. The Kier molecular flexibility index (Phi) is 5.81. The van der Waals surface area contributed by atoms with Crippen LogP contribution in [0.25, 0.3) is 0 Å². The van der Waals surface area contributed by atoms with Crippen molar-refractivity contribution in [2.75, 3.05) is 16.7 Å². The zero-order valence-electron chi connectivity index (χ0n) is 16.2. The van der Waals surface area contributed by atoms with E-state index in [9.17, 15) is 26.9 Å². The molecule has 0 unspecified atom stereocenters. The van der Waals surface area contributed by atoms with Gasteiger partial charge < -0.3 is 0 Å². The van der Waals surface area contributed by atoms with Gasteiger partial charge in [0.15, 0.2) is 0 Å². The highest BCUT2D eigenvalue weighted by molar-refractivity contribution is 7.92. The van der Waals surface area contributed by atoms with Crippen LogP contribution in [-0.4, -0.2) is 43.9 Å². The summed E-state index contributed by atoms with van der Waals surface area (Å²) in [6.45, 7) is 1.49. The molecule has 1 atom stereocenters. The van der Waals surface area contributed by atoms with Gasteiger partial charge >= 0.3 is 0 Å². The number of hydrogen-bond acceptors (Lipinski definition) is 7. The van der Waals surface area contributed by atoms with Gasteiger partial charge in [-0.2, -0.15) is 9.52 Å². The number of anilines is 1. The summed E-state index contributed by atoms with van der Waals surface area (Å²) in [6.07, 6.45) is 1.21. The summed E-state index contributed by atoms with van der Waals surface area (Å²) in [5, 5.41) is 15.4. The number of nitro groups is 1. The fraction of sp³-hybridized carbons (Fsp3) is 0.278. The average Bonchev–Trinajstić information content (AvgIpc) is 3.13. The van der Waals surface area contributed by atoms with E-state index in [0.717, 1.165) is 10.7 Å². The highest BCUT2D eigenvalue weighted by Crippen LogP contribution is 2.36. The van der Waals surface area contributed by atoms with Gasteiger partial charge in [0.25, 0.3) is 5.69 Å². The summed E-state index contributed by atoms with van der Waals surface area (Å²) in [5.74, 6) is -0.190. The topological polar surface area (TPSA) is 139 Å². The summed E-state index contributed by atoms with van der Waals surface area (Å²) in [7, 11) is -7.23. The van der Waals surface area contributed by atoms with Crippen molar-refractivity contribution in [3.63, 3.8) is 0 Å². The van der Waals surface area contributed by atoms with Crippen molar-refractivity contribution in [2.24, 2.45) is 5.10 Å². The van der Waals surface area contributed by atoms with E-state index in [4.69, 9.17) is 0 Å². The quantitative estimate of drug-likeness (QED) is 0.506. The molecule has 2 aromatic carbocycles. The van der Waals surface area contributed by atoms with Gasteiger partial charge in [0.2, 0.25) is 20.0 Å². The zero-order valence-corrected chi connectivity index (χ0v) is 17.9. The molecule has 0 spiro atoms. The third kappa shape index (κ3) is 4.76. The number of hydrogen-bond donors (Lipinski definition) is 1. The molecular weight excluding hydrogens is 432 g/mol. The molecule has 0 radical (unpaired) electrons. The van der Waals surface area contributed by atoms with E-state index in [1.807, 2.05) is 0 Å². The van der Waals surface area contributed by atoms with Gasteiger partial charge in [0, 0.05) is 24.2 Å². The fourth-order valence-corrected chi connectivity index (χ4v) is 4.75. The van der Waals surface area contributed by atoms with E-state index in [-0.39, 0.29) is 17.9 Å². The maximum Gasteiger partial charge on any atom is 0.269 e. The number of nitro benzene ring substituents is 1. The number of nitrogens with one attached hydrogen (secondary N) is 1. The molecule has 0 fully saturated rings. The first kappa shape index (κ1) is 21.7. The second kappa shape index (κ2) is 8.03. The highest BCUT2D eigenvalue weighted by Gasteiger charge is 2.36. The predicted octanol–water partition coefficient (Wildman–Crippen LogP) is 2.47. The largest absolute Gasteiger partial charge is 0.284 e. The van der Waals surface area contributed by atoms with Crippen molar-refractivity contribution in [3.8, 4) is 0 Å². The van der Waals surface area contributed by atoms with Crippen molar-refractivity contribution in [1.82, 2.24) is 4.41 Å². The van der Waals surface area contributed by atoms with Gasteiger partial charge in [-0.1, -0.05) is 24.3 Å². The van der Waals surface area contributed by atoms with E-state index in [1.165, 1.54) is 25.1 Å². The Balaban J connectivity index is 2.02. The molecule has 0 amide bonds.